The minimum absolute atomic E-state index is 0.0865. The predicted molar refractivity (Wildman–Crippen MR) is 75.6 cm³/mol. The van der Waals surface area contributed by atoms with Crippen LogP contribution in [0.5, 0.6) is 0 Å². The minimum Gasteiger partial charge on any atom is -0.390 e. The lowest BCUT2D eigenvalue weighted by Crippen LogP contribution is -2.34. The SMILES string of the molecule is CN1CCCN(c2nc3ccccn3c2CO)CC1=O. The molecule has 0 spiro atoms. The number of nitrogens with zero attached hydrogens (tertiary/aromatic N) is 4. The van der Waals surface area contributed by atoms with E-state index < -0.39 is 0 Å². The van der Waals surface area contributed by atoms with Crippen LogP contribution in [0.4, 0.5) is 5.82 Å². The topological polar surface area (TPSA) is 61.1 Å². The maximum atomic E-state index is 12.0. The standard InChI is InChI=1S/C14H18N4O2/c1-16-6-4-7-17(9-13(16)20)14-11(10-19)18-8-3-2-5-12(18)15-14/h2-3,5,8,19H,4,6-7,9-10H2,1H3. The molecule has 3 rings (SSSR count). The van der Waals surface area contributed by atoms with Crippen molar-refractivity contribution in [3.05, 3.63) is 30.1 Å². The van der Waals surface area contributed by atoms with E-state index in [0.717, 1.165) is 30.9 Å². The van der Waals surface area contributed by atoms with Gasteiger partial charge in [0.1, 0.15) is 5.65 Å². The van der Waals surface area contributed by atoms with Gasteiger partial charge in [-0.25, -0.2) is 4.98 Å². The Morgan fingerprint density at radius 1 is 1.35 bits per heavy atom. The summed E-state index contributed by atoms with van der Waals surface area (Å²) in [6, 6.07) is 5.71. The van der Waals surface area contributed by atoms with Gasteiger partial charge in [-0.3, -0.25) is 9.20 Å². The molecule has 20 heavy (non-hydrogen) atoms. The number of aliphatic hydroxyl groups is 1. The number of hydrogen-bond acceptors (Lipinski definition) is 4. The van der Waals surface area contributed by atoms with E-state index in [1.54, 1.807) is 4.90 Å². The Bertz CT molecular complexity index is 637. The van der Waals surface area contributed by atoms with Gasteiger partial charge in [0.05, 0.1) is 18.8 Å². The maximum Gasteiger partial charge on any atom is 0.241 e. The number of rotatable bonds is 2. The third-order valence-corrected chi connectivity index (χ3v) is 3.73. The number of fused-ring (bicyclic) bond motifs is 1. The van der Waals surface area contributed by atoms with E-state index in [-0.39, 0.29) is 12.5 Å². The number of carbonyl (C=O) groups excluding carboxylic acids is 1. The first-order valence-electron chi connectivity index (χ1n) is 6.76. The summed E-state index contributed by atoms with van der Waals surface area (Å²) in [5, 5.41) is 9.64. The molecular formula is C14H18N4O2. The van der Waals surface area contributed by atoms with E-state index in [9.17, 15) is 9.90 Å². The number of aromatic nitrogens is 2. The summed E-state index contributed by atoms with van der Waals surface area (Å²) in [6.07, 6.45) is 2.78. The largest absolute Gasteiger partial charge is 0.390 e. The van der Waals surface area contributed by atoms with Gasteiger partial charge in [0.2, 0.25) is 5.91 Å². The lowest BCUT2D eigenvalue weighted by atomic mass is 10.3. The van der Waals surface area contributed by atoms with Gasteiger partial charge in [-0.15, -0.1) is 0 Å². The normalized spacial score (nSPS) is 16.8. The monoisotopic (exact) mass is 274 g/mol. The van der Waals surface area contributed by atoms with Crippen LogP contribution in [0.3, 0.4) is 0 Å². The number of amides is 1. The molecule has 0 saturated carbocycles. The summed E-state index contributed by atoms with van der Waals surface area (Å²) >= 11 is 0. The number of aliphatic hydroxyl groups excluding tert-OH is 1. The van der Waals surface area contributed by atoms with Crippen LogP contribution in [-0.2, 0) is 11.4 Å². The predicted octanol–water partition coefficient (Wildman–Crippen LogP) is 0.495. The van der Waals surface area contributed by atoms with Gasteiger partial charge in [0.25, 0.3) is 0 Å². The third-order valence-electron chi connectivity index (χ3n) is 3.73. The first kappa shape index (κ1) is 12.9. The molecule has 3 heterocycles. The number of likely N-dealkylation sites (N-methyl/N-ethyl adjacent to an activating group) is 1. The smallest absolute Gasteiger partial charge is 0.241 e. The summed E-state index contributed by atoms with van der Waals surface area (Å²) in [5.41, 5.74) is 1.52. The molecule has 1 saturated heterocycles. The van der Waals surface area contributed by atoms with Crippen LogP contribution in [-0.4, -0.2) is 52.0 Å². The van der Waals surface area contributed by atoms with Crippen molar-refractivity contribution in [3.63, 3.8) is 0 Å². The molecule has 6 heteroatoms. The van der Waals surface area contributed by atoms with E-state index in [1.807, 2.05) is 40.7 Å². The molecule has 0 unspecified atom stereocenters. The Labute approximate surface area is 117 Å². The van der Waals surface area contributed by atoms with Crippen LogP contribution in [0.25, 0.3) is 5.65 Å². The van der Waals surface area contributed by atoms with Crippen LogP contribution < -0.4 is 4.90 Å². The van der Waals surface area contributed by atoms with Crippen LogP contribution in [0.1, 0.15) is 12.1 Å². The molecule has 2 aromatic rings. The van der Waals surface area contributed by atoms with Crippen molar-refractivity contribution in [1.29, 1.82) is 0 Å². The van der Waals surface area contributed by atoms with E-state index in [2.05, 4.69) is 4.98 Å². The van der Waals surface area contributed by atoms with E-state index in [1.165, 1.54) is 0 Å². The van der Waals surface area contributed by atoms with Gasteiger partial charge in [0.15, 0.2) is 5.82 Å². The summed E-state index contributed by atoms with van der Waals surface area (Å²) in [5.74, 6) is 0.797. The number of hydrogen-bond donors (Lipinski definition) is 1. The summed E-state index contributed by atoms with van der Waals surface area (Å²) in [7, 11) is 1.82. The second kappa shape index (κ2) is 5.13. The summed E-state index contributed by atoms with van der Waals surface area (Å²) in [4.78, 5) is 20.3. The van der Waals surface area contributed by atoms with Gasteiger partial charge < -0.3 is 14.9 Å². The van der Waals surface area contributed by atoms with Crippen molar-refractivity contribution < 1.29 is 9.90 Å². The zero-order valence-corrected chi connectivity index (χ0v) is 11.5. The molecule has 0 atom stereocenters. The molecule has 1 amide bonds. The lowest BCUT2D eigenvalue weighted by Gasteiger charge is -2.20. The van der Waals surface area contributed by atoms with E-state index in [4.69, 9.17) is 0 Å². The Morgan fingerprint density at radius 2 is 2.20 bits per heavy atom. The molecule has 2 aromatic heterocycles. The molecule has 6 nitrogen and oxygen atoms in total. The first-order valence-corrected chi connectivity index (χ1v) is 6.76. The Morgan fingerprint density at radius 3 is 3.00 bits per heavy atom. The fraction of sp³-hybridized carbons (Fsp3) is 0.429. The van der Waals surface area contributed by atoms with Crippen LogP contribution in [0.2, 0.25) is 0 Å². The highest BCUT2D eigenvalue weighted by atomic mass is 16.3. The molecule has 0 radical (unpaired) electrons. The molecule has 1 N–H and O–H groups in total. The average Bonchev–Trinajstić information content (AvgIpc) is 2.75. The van der Waals surface area contributed by atoms with Crippen molar-refractivity contribution in [3.8, 4) is 0 Å². The second-order valence-corrected chi connectivity index (χ2v) is 5.06. The number of carbonyl (C=O) groups is 1. The van der Waals surface area contributed by atoms with E-state index in [0.29, 0.717) is 12.4 Å². The average molecular weight is 274 g/mol. The first-order chi connectivity index (χ1) is 9.70. The summed E-state index contributed by atoms with van der Waals surface area (Å²) in [6.45, 7) is 1.75. The highest BCUT2D eigenvalue weighted by Crippen LogP contribution is 2.23. The highest BCUT2D eigenvalue weighted by molar-refractivity contribution is 5.81. The van der Waals surface area contributed by atoms with Crippen molar-refractivity contribution in [2.75, 3.05) is 31.6 Å². The van der Waals surface area contributed by atoms with Gasteiger partial charge in [0, 0.05) is 26.3 Å². The molecule has 1 fully saturated rings. The van der Waals surface area contributed by atoms with Gasteiger partial charge in [-0.2, -0.15) is 0 Å². The Kier molecular flexibility index (Phi) is 3.31. The molecule has 1 aliphatic heterocycles. The van der Waals surface area contributed by atoms with Crippen LogP contribution in [0, 0.1) is 0 Å². The van der Waals surface area contributed by atoms with Gasteiger partial charge >= 0.3 is 0 Å². The fourth-order valence-corrected chi connectivity index (χ4v) is 2.60. The van der Waals surface area contributed by atoms with Gasteiger partial charge in [-0.05, 0) is 18.6 Å². The molecule has 1 aliphatic rings. The number of anilines is 1. The van der Waals surface area contributed by atoms with Crippen molar-refractivity contribution in [2.24, 2.45) is 0 Å². The zero-order valence-electron chi connectivity index (χ0n) is 11.5. The Balaban J connectivity index is 2.02. The number of imidazole rings is 1. The lowest BCUT2D eigenvalue weighted by molar-refractivity contribution is -0.127. The molecule has 0 bridgehead atoms. The fourth-order valence-electron chi connectivity index (χ4n) is 2.60. The quantitative estimate of drug-likeness (QED) is 0.866. The molecule has 0 aromatic carbocycles. The Hall–Kier alpha value is -2.08. The third kappa shape index (κ3) is 2.12. The zero-order chi connectivity index (χ0) is 14.1. The van der Waals surface area contributed by atoms with E-state index >= 15 is 0 Å². The van der Waals surface area contributed by atoms with Crippen LogP contribution in [0.15, 0.2) is 24.4 Å². The van der Waals surface area contributed by atoms with Crippen LogP contribution >= 0.6 is 0 Å². The molecular weight excluding hydrogens is 256 g/mol. The molecule has 0 aliphatic carbocycles. The minimum atomic E-state index is -0.0962. The summed E-state index contributed by atoms with van der Waals surface area (Å²) < 4.78 is 1.87. The maximum absolute atomic E-state index is 12.0. The van der Waals surface area contributed by atoms with Gasteiger partial charge in [-0.1, -0.05) is 6.07 Å². The number of pyridine rings is 1. The second-order valence-electron chi connectivity index (χ2n) is 5.06. The highest BCUT2D eigenvalue weighted by Gasteiger charge is 2.23. The van der Waals surface area contributed by atoms with Crippen molar-refractivity contribution >= 4 is 17.4 Å². The molecule has 106 valence electrons. The van der Waals surface area contributed by atoms with Crippen molar-refractivity contribution in [2.45, 2.75) is 13.0 Å². The van der Waals surface area contributed by atoms with Crippen molar-refractivity contribution in [1.82, 2.24) is 14.3 Å².